The van der Waals surface area contributed by atoms with Gasteiger partial charge in [-0.15, -0.1) is 10.2 Å². The maximum Gasteiger partial charge on any atom is 0.220 e. The number of benzene rings is 1. The summed E-state index contributed by atoms with van der Waals surface area (Å²) in [6, 6.07) is 8.42. The molecule has 0 amide bonds. The Balaban J connectivity index is 1.56. The topological polar surface area (TPSA) is 51.4 Å². The lowest BCUT2D eigenvalue weighted by molar-refractivity contribution is 0.269. The van der Waals surface area contributed by atoms with Crippen LogP contribution in [-0.2, 0) is 13.0 Å². The molecule has 1 unspecified atom stereocenters. The first-order chi connectivity index (χ1) is 11.6. The van der Waals surface area contributed by atoms with Crippen LogP contribution < -0.4 is 4.74 Å². The molecule has 0 aliphatic carbocycles. The Hall–Kier alpha value is -1.88. The second-order valence-corrected chi connectivity index (χ2v) is 6.96. The molecule has 1 aliphatic rings. The molecule has 5 heteroatoms. The van der Waals surface area contributed by atoms with Crippen molar-refractivity contribution in [1.29, 1.82) is 0 Å². The van der Waals surface area contributed by atoms with Crippen molar-refractivity contribution in [3.8, 4) is 5.75 Å². The van der Waals surface area contributed by atoms with Gasteiger partial charge in [-0.3, -0.25) is 4.90 Å². The van der Waals surface area contributed by atoms with Gasteiger partial charge in [0.05, 0.1) is 12.5 Å². The molecule has 1 aromatic carbocycles. The molecule has 1 saturated heterocycles. The van der Waals surface area contributed by atoms with E-state index in [-0.39, 0.29) is 0 Å². The lowest BCUT2D eigenvalue weighted by Crippen LogP contribution is -2.19. The highest BCUT2D eigenvalue weighted by atomic mass is 16.5. The second-order valence-electron chi connectivity index (χ2n) is 6.96. The molecule has 0 saturated carbocycles. The van der Waals surface area contributed by atoms with Crippen molar-refractivity contribution in [3.63, 3.8) is 0 Å². The van der Waals surface area contributed by atoms with E-state index in [0.29, 0.717) is 11.8 Å². The van der Waals surface area contributed by atoms with E-state index >= 15 is 0 Å². The van der Waals surface area contributed by atoms with Crippen LogP contribution in [-0.4, -0.2) is 34.8 Å². The van der Waals surface area contributed by atoms with Crippen molar-refractivity contribution in [2.75, 3.05) is 19.7 Å². The van der Waals surface area contributed by atoms with Crippen molar-refractivity contribution >= 4 is 0 Å². The Morgan fingerprint density at radius 1 is 1.33 bits per heavy atom. The van der Waals surface area contributed by atoms with E-state index in [1.54, 1.807) is 0 Å². The molecule has 2 heterocycles. The maximum atomic E-state index is 5.83. The zero-order valence-electron chi connectivity index (χ0n) is 14.9. The van der Waals surface area contributed by atoms with Gasteiger partial charge in [-0.25, -0.2) is 0 Å². The molecule has 0 spiro atoms. The second kappa shape index (κ2) is 7.79. The highest BCUT2D eigenvalue weighted by Gasteiger charge is 2.28. The molecule has 2 aromatic rings. The van der Waals surface area contributed by atoms with Crippen molar-refractivity contribution in [2.24, 2.45) is 5.92 Å². The smallest absolute Gasteiger partial charge is 0.220 e. The number of likely N-dealkylation sites (tertiary alicyclic amines) is 1. The third-order valence-corrected chi connectivity index (χ3v) is 4.29. The Morgan fingerprint density at radius 3 is 2.96 bits per heavy atom. The third kappa shape index (κ3) is 4.35. The third-order valence-electron chi connectivity index (χ3n) is 4.29. The average molecular weight is 329 g/mol. The minimum Gasteiger partial charge on any atom is -0.493 e. The SMILES string of the molecule is CCc1nnc(C2CCN(Cc3cccc(OCC(C)C)c3)C2)o1. The molecule has 0 bridgehead atoms. The van der Waals surface area contributed by atoms with Gasteiger partial charge in [0.25, 0.3) is 0 Å². The summed E-state index contributed by atoms with van der Waals surface area (Å²) in [5.74, 6) is 3.39. The van der Waals surface area contributed by atoms with Gasteiger partial charge >= 0.3 is 0 Å². The van der Waals surface area contributed by atoms with Crippen LogP contribution in [0.25, 0.3) is 0 Å². The molecule has 0 N–H and O–H groups in total. The normalized spacial score (nSPS) is 18.4. The van der Waals surface area contributed by atoms with Gasteiger partial charge in [0, 0.05) is 19.5 Å². The first-order valence-corrected chi connectivity index (χ1v) is 8.90. The maximum absolute atomic E-state index is 5.83. The molecule has 1 aliphatic heterocycles. The lowest BCUT2D eigenvalue weighted by Gasteiger charge is -2.16. The van der Waals surface area contributed by atoms with Crippen LogP contribution in [0.5, 0.6) is 5.75 Å². The molecular weight excluding hydrogens is 302 g/mol. The minimum absolute atomic E-state index is 0.359. The van der Waals surface area contributed by atoms with Gasteiger partial charge in [-0.2, -0.15) is 0 Å². The monoisotopic (exact) mass is 329 g/mol. The summed E-state index contributed by atoms with van der Waals surface area (Å²) < 4.78 is 11.5. The van der Waals surface area contributed by atoms with Crippen molar-refractivity contribution < 1.29 is 9.15 Å². The van der Waals surface area contributed by atoms with Gasteiger partial charge in [0.1, 0.15) is 5.75 Å². The van der Waals surface area contributed by atoms with Crippen LogP contribution in [0.15, 0.2) is 28.7 Å². The Labute approximate surface area is 144 Å². The number of hydrogen-bond acceptors (Lipinski definition) is 5. The summed E-state index contributed by atoms with van der Waals surface area (Å²) in [4.78, 5) is 2.45. The number of aryl methyl sites for hydroxylation is 1. The van der Waals surface area contributed by atoms with Gasteiger partial charge in [-0.1, -0.05) is 32.9 Å². The van der Waals surface area contributed by atoms with Gasteiger partial charge in [0.2, 0.25) is 11.8 Å². The summed E-state index contributed by atoms with van der Waals surface area (Å²) in [6.45, 7) is 10.1. The highest BCUT2D eigenvalue weighted by molar-refractivity contribution is 5.28. The largest absolute Gasteiger partial charge is 0.493 e. The molecule has 1 fully saturated rings. The van der Waals surface area contributed by atoms with E-state index in [0.717, 1.165) is 56.6 Å². The number of hydrogen-bond donors (Lipinski definition) is 0. The fourth-order valence-corrected chi connectivity index (χ4v) is 3.01. The zero-order valence-corrected chi connectivity index (χ0v) is 14.9. The summed E-state index contributed by atoms with van der Waals surface area (Å²) in [7, 11) is 0. The summed E-state index contributed by atoms with van der Waals surface area (Å²) in [5.41, 5.74) is 1.29. The first kappa shape index (κ1) is 17.0. The van der Waals surface area contributed by atoms with Crippen molar-refractivity contribution in [2.45, 2.75) is 46.1 Å². The molecule has 0 radical (unpaired) electrons. The van der Waals surface area contributed by atoms with Crippen LogP contribution in [0.4, 0.5) is 0 Å². The standard InChI is InChI=1S/C19H27N3O2/c1-4-18-20-21-19(24-18)16-8-9-22(12-16)11-15-6-5-7-17(10-15)23-13-14(2)3/h5-7,10,14,16H,4,8-9,11-13H2,1-3H3. The number of aromatic nitrogens is 2. The Bertz CT molecular complexity index is 654. The van der Waals surface area contributed by atoms with Crippen LogP contribution in [0, 0.1) is 5.92 Å². The summed E-state index contributed by atoms with van der Waals surface area (Å²) in [5, 5.41) is 8.28. The Morgan fingerprint density at radius 2 is 2.21 bits per heavy atom. The van der Waals surface area contributed by atoms with Gasteiger partial charge in [0.15, 0.2) is 0 Å². The van der Waals surface area contributed by atoms with Crippen LogP contribution in [0.1, 0.15) is 50.5 Å². The van der Waals surface area contributed by atoms with Gasteiger partial charge in [-0.05, 0) is 36.6 Å². The molecule has 1 aromatic heterocycles. The van der Waals surface area contributed by atoms with Crippen LogP contribution >= 0.6 is 0 Å². The van der Waals surface area contributed by atoms with Crippen molar-refractivity contribution in [3.05, 3.63) is 41.6 Å². The fraction of sp³-hybridized carbons (Fsp3) is 0.579. The molecular formula is C19H27N3O2. The number of ether oxygens (including phenoxy) is 1. The van der Waals surface area contributed by atoms with E-state index in [4.69, 9.17) is 9.15 Å². The number of rotatable bonds is 7. The predicted octanol–water partition coefficient (Wildman–Crippen LogP) is 3.66. The molecule has 130 valence electrons. The van der Waals surface area contributed by atoms with Crippen LogP contribution in [0.3, 0.4) is 0 Å². The summed E-state index contributed by atoms with van der Waals surface area (Å²) in [6.07, 6.45) is 1.88. The van der Waals surface area contributed by atoms with E-state index in [2.05, 4.69) is 47.1 Å². The fourth-order valence-electron chi connectivity index (χ4n) is 3.01. The number of nitrogens with zero attached hydrogens (tertiary/aromatic N) is 3. The Kier molecular flexibility index (Phi) is 5.51. The molecule has 24 heavy (non-hydrogen) atoms. The minimum atomic E-state index is 0.359. The first-order valence-electron chi connectivity index (χ1n) is 8.90. The molecule has 3 rings (SSSR count). The quantitative estimate of drug-likeness (QED) is 0.776. The molecule has 1 atom stereocenters. The zero-order chi connectivity index (χ0) is 16.9. The van der Waals surface area contributed by atoms with E-state index in [1.807, 2.05) is 13.0 Å². The average Bonchev–Trinajstić information content (AvgIpc) is 3.22. The van der Waals surface area contributed by atoms with E-state index < -0.39 is 0 Å². The van der Waals surface area contributed by atoms with Crippen LogP contribution in [0.2, 0.25) is 0 Å². The predicted molar refractivity (Wildman–Crippen MR) is 93.1 cm³/mol. The van der Waals surface area contributed by atoms with Crippen molar-refractivity contribution in [1.82, 2.24) is 15.1 Å². The summed E-state index contributed by atoms with van der Waals surface area (Å²) >= 11 is 0. The lowest BCUT2D eigenvalue weighted by atomic mass is 10.1. The molecule has 5 nitrogen and oxygen atoms in total. The highest BCUT2D eigenvalue weighted by Crippen LogP contribution is 2.28. The van der Waals surface area contributed by atoms with E-state index in [9.17, 15) is 0 Å². The van der Waals surface area contributed by atoms with Gasteiger partial charge < -0.3 is 9.15 Å². The van der Waals surface area contributed by atoms with E-state index in [1.165, 1.54) is 5.56 Å².